The number of esters is 1. The maximum absolute atomic E-state index is 12.6. The number of nitrogens with zero attached hydrogens (tertiary/aromatic N) is 4. The zero-order valence-electron chi connectivity index (χ0n) is 13.2. The van der Waals surface area contributed by atoms with E-state index in [1.807, 2.05) is 0 Å². The number of unbranched alkanes of at least 4 members (excludes halogenated alkanes) is 2. The summed E-state index contributed by atoms with van der Waals surface area (Å²) in [6.07, 6.45) is 4.51. The van der Waals surface area contributed by atoms with E-state index < -0.39 is 6.04 Å². The quantitative estimate of drug-likeness (QED) is 0.645. The van der Waals surface area contributed by atoms with Crippen LogP contribution in [0, 0.1) is 0 Å². The molecule has 0 saturated carbocycles. The van der Waals surface area contributed by atoms with Crippen molar-refractivity contribution in [2.75, 3.05) is 11.9 Å². The Morgan fingerprint density at radius 2 is 2.35 bits per heavy atom. The SMILES string of the molecule is CCCCCOC(=O)C1=C(C)Nc2nnnn2[C@H]1c1ccco1. The molecule has 0 unspecified atom stereocenters. The molecule has 1 N–H and O–H groups in total. The maximum atomic E-state index is 12.6. The van der Waals surface area contributed by atoms with Crippen LogP contribution in [0.4, 0.5) is 5.95 Å². The van der Waals surface area contributed by atoms with Crippen LogP contribution in [0.3, 0.4) is 0 Å². The van der Waals surface area contributed by atoms with E-state index in [-0.39, 0.29) is 5.97 Å². The molecule has 2 aromatic heterocycles. The summed E-state index contributed by atoms with van der Waals surface area (Å²) in [6.45, 7) is 4.30. The van der Waals surface area contributed by atoms with Gasteiger partial charge in [-0.1, -0.05) is 24.9 Å². The number of aromatic nitrogens is 4. The van der Waals surface area contributed by atoms with Gasteiger partial charge < -0.3 is 14.5 Å². The first-order chi connectivity index (χ1) is 11.2. The zero-order valence-corrected chi connectivity index (χ0v) is 13.2. The number of carbonyl (C=O) groups excluding carboxylic acids is 1. The van der Waals surface area contributed by atoms with Crippen LogP contribution in [-0.4, -0.2) is 32.8 Å². The lowest BCUT2D eigenvalue weighted by Gasteiger charge is -2.25. The van der Waals surface area contributed by atoms with E-state index in [0.29, 0.717) is 29.6 Å². The molecular weight excluding hydrogens is 298 g/mol. The van der Waals surface area contributed by atoms with Gasteiger partial charge in [-0.25, -0.2) is 4.79 Å². The highest BCUT2D eigenvalue weighted by Gasteiger charge is 2.36. The van der Waals surface area contributed by atoms with Gasteiger partial charge in [0.05, 0.1) is 18.4 Å². The Kier molecular flexibility index (Phi) is 4.40. The van der Waals surface area contributed by atoms with E-state index in [9.17, 15) is 4.79 Å². The summed E-state index contributed by atoms with van der Waals surface area (Å²) in [6, 6.07) is 3.02. The Balaban J connectivity index is 1.88. The predicted molar refractivity (Wildman–Crippen MR) is 81.5 cm³/mol. The van der Waals surface area contributed by atoms with E-state index in [0.717, 1.165) is 19.3 Å². The Hall–Kier alpha value is -2.64. The van der Waals surface area contributed by atoms with Gasteiger partial charge in [-0.05, 0) is 35.9 Å². The van der Waals surface area contributed by atoms with E-state index in [2.05, 4.69) is 27.8 Å². The topological polar surface area (TPSA) is 95.1 Å². The summed E-state index contributed by atoms with van der Waals surface area (Å²) >= 11 is 0. The summed E-state index contributed by atoms with van der Waals surface area (Å²) in [5, 5.41) is 14.6. The van der Waals surface area contributed by atoms with Gasteiger partial charge in [0.2, 0.25) is 5.95 Å². The summed E-state index contributed by atoms with van der Waals surface area (Å²) in [5.74, 6) is 0.667. The van der Waals surface area contributed by atoms with Crippen LogP contribution in [-0.2, 0) is 9.53 Å². The molecule has 3 rings (SSSR count). The second-order valence-corrected chi connectivity index (χ2v) is 5.37. The third kappa shape index (κ3) is 2.96. The van der Waals surface area contributed by atoms with Crippen LogP contribution in [0.2, 0.25) is 0 Å². The number of hydrogen-bond acceptors (Lipinski definition) is 7. The number of rotatable bonds is 6. The van der Waals surface area contributed by atoms with Crippen molar-refractivity contribution in [3.05, 3.63) is 35.4 Å². The van der Waals surface area contributed by atoms with Crippen LogP contribution in [0.15, 0.2) is 34.1 Å². The number of furan rings is 1. The smallest absolute Gasteiger partial charge is 0.338 e. The molecule has 1 aliphatic heterocycles. The first kappa shape index (κ1) is 15.3. The largest absolute Gasteiger partial charge is 0.467 e. The summed E-state index contributed by atoms with van der Waals surface area (Å²) in [4.78, 5) is 12.6. The van der Waals surface area contributed by atoms with Gasteiger partial charge in [0.1, 0.15) is 11.8 Å². The van der Waals surface area contributed by atoms with Crippen molar-refractivity contribution in [1.29, 1.82) is 0 Å². The lowest BCUT2D eigenvalue weighted by molar-refractivity contribution is -0.139. The molecule has 1 atom stereocenters. The highest BCUT2D eigenvalue weighted by molar-refractivity contribution is 5.92. The normalized spacial score (nSPS) is 16.9. The van der Waals surface area contributed by atoms with Crippen LogP contribution >= 0.6 is 0 Å². The predicted octanol–water partition coefficient (Wildman–Crippen LogP) is 2.29. The Morgan fingerprint density at radius 1 is 1.48 bits per heavy atom. The number of allylic oxidation sites excluding steroid dienone is 1. The number of nitrogens with one attached hydrogen (secondary N) is 1. The Morgan fingerprint density at radius 3 is 3.09 bits per heavy atom. The first-order valence-electron chi connectivity index (χ1n) is 7.68. The second-order valence-electron chi connectivity index (χ2n) is 5.37. The fourth-order valence-corrected chi connectivity index (χ4v) is 2.58. The molecule has 0 aliphatic carbocycles. The van der Waals surface area contributed by atoms with E-state index in [1.54, 1.807) is 25.3 Å². The molecule has 1 aliphatic rings. The third-order valence-electron chi connectivity index (χ3n) is 3.73. The fourth-order valence-electron chi connectivity index (χ4n) is 2.58. The number of ether oxygens (including phenoxy) is 1. The number of hydrogen-bond donors (Lipinski definition) is 1. The van der Waals surface area contributed by atoms with Gasteiger partial charge in [-0.2, -0.15) is 4.68 Å². The van der Waals surface area contributed by atoms with Gasteiger partial charge in [0, 0.05) is 5.70 Å². The van der Waals surface area contributed by atoms with Crippen molar-refractivity contribution in [3.8, 4) is 0 Å². The van der Waals surface area contributed by atoms with Crippen molar-refractivity contribution in [2.24, 2.45) is 0 Å². The average molecular weight is 317 g/mol. The number of fused-ring (bicyclic) bond motifs is 1. The van der Waals surface area contributed by atoms with Crippen LogP contribution < -0.4 is 5.32 Å². The molecule has 0 aromatic carbocycles. The summed E-state index contributed by atoms with van der Waals surface area (Å²) in [7, 11) is 0. The monoisotopic (exact) mass is 317 g/mol. The molecule has 0 bridgehead atoms. The minimum absolute atomic E-state index is 0.381. The molecule has 8 heteroatoms. The van der Waals surface area contributed by atoms with E-state index in [1.165, 1.54) is 4.68 Å². The summed E-state index contributed by atoms with van der Waals surface area (Å²) < 4.78 is 12.4. The second kappa shape index (κ2) is 6.64. The zero-order chi connectivity index (χ0) is 16.2. The van der Waals surface area contributed by atoms with Crippen molar-refractivity contribution >= 4 is 11.9 Å². The molecular formula is C15H19N5O3. The standard InChI is InChI=1S/C15H19N5O3/c1-3-4-5-8-23-14(21)12-10(2)16-15-17-18-19-20(15)13(12)11-7-6-9-22-11/h6-7,9,13H,3-5,8H2,1-2H3,(H,16,17,19)/t13-/m0/s1. The molecule has 0 amide bonds. The van der Waals surface area contributed by atoms with Gasteiger partial charge in [-0.15, -0.1) is 0 Å². The fraction of sp³-hybridized carbons (Fsp3) is 0.467. The van der Waals surface area contributed by atoms with Crippen molar-refractivity contribution in [1.82, 2.24) is 20.2 Å². The van der Waals surface area contributed by atoms with Crippen LogP contribution in [0.5, 0.6) is 0 Å². The minimum atomic E-state index is -0.532. The maximum Gasteiger partial charge on any atom is 0.338 e. The van der Waals surface area contributed by atoms with Crippen LogP contribution in [0.25, 0.3) is 0 Å². The van der Waals surface area contributed by atoms with Gasteiger partial charge >= 0.3 is 5.97 Å². The third-order valence-corrected chi connectivity index (χ3v) is 3.73. The number of anilines is 1. The molecule has 2 aromatic rings. The van der Waals surface area contributed by atoms with Crippen molar-refractivity contribution < 1.29 is 13.9 Å². The minimum Gasteiger partial charge on any atom is -0.467 e. The molecule has 3 heterocycles. The van der Waals surface area contributed by atoms with Gasteiger partial charge in [-0.3, -0.25) is 0 Å². The highest BCUT2D eigenvalue weighted by atomic mass is 16.5. The van der Waals surface area contributed by atoms with Crippen molar-refractivity contribution in [2.45, 2.75) is 39.2 Å². The molecule has 8 nitrogen and oxygen atoms in total. The lowest BCUT2D eigenvalue weighted by atomic mass is 10.0. The summed E-state index contributed by atoms with van der Waals surface area (Å²) in [5.41, 5.74) is 1.12. The first-order valence-corrected chi connectivity index (χ1v) is 7.68. The number of carbonyl (C=O) groups is 1. The molecule has 122 valence electrons. The van der Waals surface area contributed by atoms with E-state index in [4.69, 9.17) is 9.15 Å². The lowest BCUT2D eigenvalue weighted by Crippen LogP contribution is -2.29. The molecule has 0 spiro atoms. The van der Waals surface area contributed by atoms with Gasteiger partial charge in [0.15, 0.2) is 0 Å². The van der Waals surface area contributed by atoms with E-state index >= 15 is 0 Å². The average Bonchev–Trinajstić information content (AvgIpc) is 3.21. The van der Waals surface area contributed by atoms with Gasteiger partial charge in [0.25, 0.3) is 0 Å². The number of tetrazole rings is 1. The molecule has 23 heavy (non-hydrogen) atoms. The molecule has 0 radical (unpaired) electrons. The highest BCUT2D eigenvalue weighted by Crippen LogP contribution is 2.34. The molecule has 0 fully saturated rings. The Bertz CT molecular complexity index is 705. The Labute approximate surface area is 133 Å². The van der Waals surface area contributed by atoms with Crippen molar-refractivity contribution in [3.63, 3.8) is 0 Å². The van der Waals surface area contributed by atoms with Crippen LogP contribution in [0.1, 0.15) is 44.9 Å². The molecule has 0 saturated heterocycles.